The molecule has 0 amide bonds. The molecule has 1 fully saturated rings. The van der Waals surface area contributed by atoms with E-state index in [1.165, 1.54) is 44.7 Å². The fraction of sp³-hybridized carbons (Fsp3) is 0.438. The molecule has 1 aliphatic rings. The first-order valence-electron chi connectivity index (χ1n) is 13.3. The monoisotopic (exact) mass is 496 g/mol. The van der Waals surface area contributed by atoms with Gasteiger partial charge in [-0.05, 0) is 78.5 Å². The van der Waals surface area contributed by atoms with E-state index in [0.29, 0.717) is 35.4 Å². The highest BCUT2D eigenvalue weighted by molar-refractivity contribution is 5.70. The van der Waals surface area contributed by atoms with E-state index in [1.54, 1.807) is 12.1 Å². The molecule has 1 saturated carbocycles. The molecule has 0 nitrogen and oxygen atoms in total. The van der Waals surface area contributed by atoms with E-state index in [2.05, 4.69) is 6.92 Å². The summed E-state index contributed by atoms with van der Waals surface area (Å²) in [5.74, 6) is -3.72. The highest BCUT2D eigenvalue weighted by Crippen LogP contribution is 2.42. The van der Waals surface area contributed by atoms with Gasteiger partial charge in [-0.15, -0.1) is 0 Å². The van der Waals surface area contributed by atoms with E-state index in [0.717, 1.165) is 24.0 Å². The average Bonchev–Trinajstić information content (AvgIpc) is 2.88. The Morgan fingerprint density at radius 1 is 0.722 bits per heavy atom. The van der Waals surface area contributed by atoms with Gasteiger partial charge in [0.25, 0.3) is 5.92 Å². The SMILES string of the molecule is CCCCCC1CCC(C(F)(F)Cc2ccc(-c3ccc(-c4cc(F)c(C)c(F)c4)cc3)cc2)CC1. The van der Waals surface area contributed by atoms with Crippen molar-refractivity contribution >= 4 is 0 Å². The minimum atomic E-state index is -2.68. The Morgan fingerprint density at radius 2 is 1.22 bits per heavy atom. The van der Waals surface area contributed by atoms with Crippen LogP contribution in [0.15, 0.2) is 60.7 Å². The number of halogens is 4. The van der Waals surface area contributed by atoms with Gasteiger partial charge in [0.15, 0.2) is 0 Å². The first kappa shape index (κ1) is 26.4. The lowest BCUT2D eigenvalue weighted by atomic mass is 9.76. The van der Waals surface area contributed by atoms with Crippen LogP contribution in [0.3, 0.4) is 0 Å². The largest absolute Gasteiger partial charge is 0.254 e. The molecule has 3 aromatic rings. The summed E-state index contributed by atoms with van der Waals surface area (Å²) in [7, 11) is 0. The van der Waals surface area contributed by atoms with Gasteiger partial charge in [-0.1, -0.05) is 81.1 Å². The number of unbranched alkanes of at least 4 members (excludes halogenated alkanes) is 2. The molecule has 4 rings (SSSR count). The Morgan fingerprint density at radius 3 is 1.75 bits per heavy atom. The number of hydrogen-bond donors (Lipinski definition) is 0. The number of benzene rings is 3. The van der Waals surface area contributed by atoms with Crippen LogP contribution in [-0.4, -0.2) is 5.92 Å². The molecule has 0 aliphatic heterocycles. The van der Waals surface area contributed by atoms with Crippen molar-refractivity contribution in [2.45, 2.75) is 77.6 Å². The van der Waals surface area contributed by atoms with Crippen LogP contribution in [0.25, 0.3) is 22.3 Å². The Labute approximate surface area is 212 Å². The fourth-order valence-corrected chi connectivity index (χ4v) is 5.46. The topological polar surface area (TPSA) is 0 Å². The van der Waals surface area contributed by atoms with Crippen LogP contribution >= 0.6 is 0 Å². The van der Waals surface area contributed by atoms with E-state index in [-0.39, 0.29) is 12.0 Å². The molecule has 0 saturated heterocycles. The molecule has 4 heteroatoms. The molecular weight excluding hydrogens is 460 g/mol. The number of alkyl halides is 2. The molecule has 0 bridgehead atoms. The average molecular weight is 497 g/mol. The molecule has 36 heavy (non-hydrogen) atoms. The number of hydrogen-bond acceptors (Lipinski definition) is 0. The highest BCUT2D eigenvalue weighted by atomic mass is 19.3. The maximum Gasteiger partial charge on any atom is 0.254 e. The molecule has 0 aromatic heterocycles. The van der Waals surface area contributed by atoms with Crippen LogP contribution in [0, 0.1) is 30.4 Å². The van der Waals surface area contributed by atoms with E-state index >= 15 is 8.78 Å². The van der Waals surface area contributed by atoms with Gasteiger partial charge in [0.2, 0.25) is 0 Å². The Bertz CT molecular complexity index is 1100. The van der Waals surface area contributed by atoms with Gasteiger partial charge in [-0.25, -0.2) is 17.6 Å². The highest BCUT2D eigenvalue weighted by Gasteiger charge is 2.41. The zero-order valence-corrected chi connectivity index (χ0v) is 21.3. The normalized spacial score (nSPS) is 18.4. The predicted octanol–water partition coefficient (Wildman–Crippen LogP) is 10.2. The first-order chi connectivity index (χ1) is 17.3. The van der Waals surface area contributed by atoms with Gasteiger partial charge in [0.05, 0.1) is 0 Å². The van der Waals surface area contributed by atoms with Crippen LogP contribution in [0.2, 0.25) is 0 Å². The van der Waals surface area contributed by atoms with E-state index in [1.807, 2.05) is 36.4 Å². The lowest BCUT2D eigenvalue weighted by Gasteiger charge is -2.34. The van der Waals surface area contributed by atoms with Crippen molar-refractivity contribution in [3.8, 4) is 22.3 Å². The summed E-state index contributed by atoms with van der Waals surface area (Å²) >= 11 is 0. The maximum atomic E-state index is 15.1. The Kier molecular flexibility index (Phi) is 8.54. The summed E-state index contributed by atoms with van der Waals surface area (Å²) in [6, 6.07) is 17.4. The van der Waals surface area contributed by atoms with Crippen LogP contribution in [0.4, 0.5) is 17.6 Å². The van der Waals surface area contributed by atoms with Crippen molar-refractivity contribution in [1.82, 2.24) is 0 Å². The van der Waals surface area contributed by atoms with Gasteiger partial charge >= 0.3 is 0 Å². The smallest absolute Gasteiger partial charge is 0.207 e. The number of rotatable bonds is 9. The summed E-state index contributed by atoms with van der Waals surface area (Å²) in [5.41, 5.74) is 3.70. The molecule has 0 spiro atoms. The van der Waals surface area contributed by atoms with Gasteiger partial charge in [0, 0.05) is 17.9 Å². The predicted molar refractivity (Wildman–Crippen MR) is 140 cm³/mol. The zero-order chi connectivity index (χ0) is 25.7. The van der Waals surface area contributed by atoms with Crippen LogP contribution in [0.1, 0.15) is 69.4 Å². The van der Waals surface area contributed by atoms with Crippen LogP contribution in [0.5, 0.6) is 0 Å². The molecule has 0 radical (unpaired) electrons. The molecule has 192 valence electrons. The minimum Gasteiger partial charge on any atom is -0.207 e. The fourth-order valence-electron chi connectivity index (χ4n) is 5.46. The standard InChI is InChI=1S/C32H36F4/c1-3-4-5-6-23-9-17-29(18-10-23)32(35,36)21-24-7-11-25(12-8-24)26-13-15-27(16-14-26)28-19-30(33)22(2)31(34)20-28/h7-8,11-16,19-20,23,29H,3-6,9-10,17-18,21H2,1-2H3. The van der Waals surface area contributed by atoms with Gasteiger partial charge in [-0.2, -0.15) is 0 Å². The van der Waals surface area contributed by atoms with Crippen LogP contribution < -0.4 is 0 Å². The van der Waals surface area contributed by atoms with Crippen molar-refractivity contribution in [3.05, 3.63) is 83.4 Å². The summed E-state index contributed by atoms with van der Waals surface area (Å²) in [5, 5.41) is 0. The summed E-state index contributed by atoms with van der Waals surface area (Å²) in [6.07, 6.45) is 7.75. The van der Waals surface area contributed by atoms with Crippen molar-refractivity contribution in [1.29, 1.82) is 0 Å². The molecule has 0 atom stereocenters. The molecule has 1 aliphatic carbocycles. The molecule has 3 aromatic carbocycles. The van der Waals surface area contributed by atoms with Crippen molar-refractivity contribution in [3.63, 3.8) is 0 Å². The van der Waals surface area contributed by atoms with Crippen molar-refractivity contribution in [2.24, 2.45) is 11.8 Å². The maximum absolute atomic E-state index is 15.1. The van der Waals surface area contributed by atoms with Crippen molar-refractivity contribution < 1.29 is 17.6 Å². The summed E-state index contributed by atoms with van der Waals surface area (Å²) in [4.78, 5) is 0. The van der Waals surface area contributed by atoms with E-state index < -0.39 is 23.5 Å². The summed E-state index contributed by atoms with van der Waals surface area (Å²) in [6.45, 7) is 3.61. The third-order valence-electron chi connectivity index (χ3n) is 7.89. The third kappa shape index (κ3) is 6.38. The Balaban J connectivity index is 1.36. The van der Waals surface area contributed by atoms with Gasteiger partial charge < -0.3 is 0 Å². The van der Waals surface area contributed by atoms with E-state index in [9.17, 15) is 8.78 Å². The third-order valence-corrected chi connectivity index (χ3v) is 7.89. The second-order valence-electron chi connectivity index (χ2n) is 10.5. The molecule has 0 N–H and O–H groups in total. The molecule has 0 heterocycles. The van der Waals surface area contributed by atoms with E-state index in [4.69, 9.17) is 0 Å². The van der Waals surface area contributed by atoms with Crippen LogP contribution in [-0.2, 0) is 6.42 Å². The quantitative estimate of drug-likeness (QED) is 0.204. The summed E-state index contributed by atoms with van der Waals surface area (Å²) < 4.78 is 58.0. The molecule has 0 unspecified atom stereocenters. The second-order valence-corrected chi connectivity index (χ2v) is 10.5. The minimum absolute atomic E-state index is 0.0103. The molecular formula is C32H36F4. The van der Waals surface area contributed by atoms with Gasteiger partial charge in [0.1, 0.15) is 11.6 Å². The lowest BCUT2D eigenvalue weighted by molar-refractivity contribution is -0.0746. The zero-order valence-electron chi connectivity index (χ0n) is 21.3. The van der Waals surface area contributed by atoms with Crippen molar-refractivity contribution in [2.75, 3.05) is 0 Å². The first-order valence-corrected chi connectivity index (χ1v) is 13.3. The Hall–Kier alpha value is -2.62. The second kappa shape index (κ2) is 11.6. The van der Waals surface area contributed by atoms with Gasteiger partial charge in [-0.3, -0.25) is 0 Å². The lowest BCUT2D eigenvalue weighted by Crippen LogP contribution is -2.34.